The van der Waals surface area contributed by atoms with Crippen LogP contribution in [0, 0.1) is 35.5 Å². The smallest absolute Gasteiger partial charge is 0.324 e. The highest BCUT2D eigenvalue weighted by molar-refractivity contribution is 5.96. The van der Waals surface area contributed by atoms with Crippen LogP contribution >= 0.6 is 0 Å². The minimum absolute atomic E-state index is 0.0441. The number of hydrogen-bond donors (Lipinski definition) is 2. The molecule has 164 valence electrons. The molecule has 2 N–H and O–H groups in total. The Morgan fingerprint density at radius 1 is 0.828 bits per heavy atom. The minimum atomic E-state index is -0.217. The van der Waals surface area contributed by atoms with Crippen LogP contribution in [0.25, 0.3) is 0 Å². The van der Waals surface area contributed by atoms with Crippen LogP contribution in [0.3, 0.4) is 0 Å². The van der Waals surface area contributed by atoms with Crippen LogP contribution in [0.4, 0.5) is 4.79 Å². The third-order valence-electron chi connectivity index (χ3n) is 8.51. The molecule has 0 radical (unpaired) electrons. The summed E-state index contributed by atoms with van der Waals surface area (Å²) in [6.45, 7) is 9.01. The first-order valence-electron chi connectivity index (χ1n) is 12.3. The molecule has 3 saturated carbocycles. The lowest BCUT2D eigenvalue weighted by molar-refractivity contribution is -0.136. The summed E-state index contributed by atoms with van der Waals surface area (Å²) in [6, 6.07) is 0.477. The van der Waals surface area contributed by atoms with Gasteiger partial charge in [-0.05, 0) is 115 Å². The number of nitrogens with one attached hydrogen (secondary N) is 2. The predicted molar refractivity (Wildman–Crippen MR) is 115 cm³/mol. The highest BCUT2D eigenvalue weighted by atomic mass is 16.2. The number of rotatable bonds is 3. The highest BCUT2D eigenvalue weighted by Gasteiger charge is 2.53. The second-order valence-electron chi connectivity index (χ2n) is 10.8. The lowest BCUT2D eigenvalue weighted by atomic mass is 9.56. The van der Waals surface area contributed by atoms with Gasteiger partial charge < -0.3 is 10.6 Å². The molecule has 0 spiro atoms. The maximum absolute atomic E-state index is 13.5. The maximum Gasteiger partial charge on any atom is 0.324 e. The number of carbonyl (C=O) groups excluding carboxylic acids is 2. The highest BCUT2D eigenvalue weighted by Crippen LogP contribution is 2.57. The molecule has 0 aromatic heterocycles. The summed E-state index contributed by atoms with van der Waals surface area (Å²) >= 11 is 0. The fraction of sp³-hybridized carbons (Fsp3) is 0.917. The van der Waals surface area contributed by atoms with Gasteiger partial charge in [-0.1, -0.05) is 0 Å². The molecule has 3 amide bonds. The van der Waals surface area contributed by atoms with Crippen molar-refractivity contribution in [2.75, 3.05) is 6.54 Å². The van der Waals surface area contributed by atoms with Crippen molar-refractivity contribution in [2.24, 2.45) is 35.5 Å². The van der Waals surface area contributed by atoms with E-state index >= 15 is 0 Å². The Morgan fingerprint density at radius 3 is 2.17 bits per heavy atom. The Labute approximate surface area is 176 Å². The fourth-order valence-electron chi connectivity index (χ4n) is 7.49. The van der Waals surface area contributed by atoms with Crippen LogP contribution in [-0.4, -0.2) is 41.5 Å². The monoisotopic (exact) mass is 403 g/mol. The van der Waals surface area contributed by atoms with Crippen LogP contribution in [0.1, 0.15) is 79.1 Å². The SMILES string of the molecule is CC(C)NC(=O)N(C(=O)C1CCC2C1CCC1C3CCCNC3CCC12)C(C)C. The number of carbonyl (C=O) groups is 2. The van der Waals surface area contributed by atoms with Crippen molar-refractivity contribution >= 4 is 11.9 Å². The van der Waals surface area contributed by atoms with Gasteiger partial charge in [0.2, 0.25) is 5.91 Å². The molecule has 5 nitrogen and oxygen atoms in total. The predicted octanol–water partition coefficient (Wildman–Crippen LogP) is 4.17. The zero-order valence-corrected chi connectivity index (χ0v) is 18.8. The van der Waals surface area contributed by atoms with Crippen molar-refractivity contribution in [3.63, 3.8) is 0 Å². The minimum Gasteiger partial charge on any atom is -0.335 e. The first-order chi connectivity index (χ1) is 13.9. The van der Waals surface area contributed by atoms with E-state index < -0.39 is 0 Å². The van der Waals surface area contributed by atoms with E-state index in [4.69, 9.17) is 0 Å². The zero-order valence-electron chi connectivity index (χ0n) is 18.8. The molecule has 5 heteroatoms. The van der Waals surface area contributed by atoms with Crippen molar-refractivity contribution in [1.29, 1.82) is 0 Å². The van der Waals surface area contributed by atoms with E-state index in [1.54, 1.807) is 0 Å². The zero-order chi connectivity index (χ0) is 20.7. The Balaban J connectivity index is 1.47. The molecule has 3 aliphatic carbocycles. The Bertz CT molecular complexity index is 619. The summed E-state index contributed by atoms with van der Waals surface area (Å²) in [4.78, 5) is 27.7. The van der Waals surface area contributed by atoms with E-state index in [9.17, 15) is 9.59 Å². The summed E-state index contributed by atoms with van der Waals surface area (Å²) in [5.41, 5.74) is 0. The van der Waals surface area contributed by atoms with Crippen molar-refractivity contribution in [1.82, 2.24) is 15.5 Å². The molecule has 1 heterocycles. The molecular formula is C24H41N3O2. The molecule has 4 fully saturated rings. The summed E-state index contributed by atoms with van der Waals surface area (Å²) in [7, 11) is 0. The molecule has 29 heavy (non-hydrogen) atoms. The van der Waals surface area contributed by atoms with E-state index in [1.165, 1.54) is 56.4 Å². The first-order valence-corrected chi connectivity index (χ1v) is 12.3. The van der Waals surface area contributed by atoms with Gasteiger partial charge in [-0.3, -0.25) is 9.69 Å². The van der Waals surface area contributed by atoms with Gasteiger partial charge in [0.15, 0.2) is 0 Å². The summed E-state index contributed by atoms with van der Waals surface area (Å²) < 4.78 is 0. The van der Waals surface area contributed by atoms with Crippen LogP contribution < -0.4 is 10.6 Å². The molecule has 1 saturated heterocycles. The van der Waals surface area contributed by atoms with E-state index in [-0.39, 0.29) is 29.9 Å². The topological polar surface area (TPSA) is 61.4 Å². The van der Waals surface area contributed by atoms with Crippen molar-refractivity contribution in [3.8, 4) is 0 Å². The van der Waals surface area contributed by atoms with Gasteiger partial charge in [-0.2, -0.15) is 0 Å². The summed E-state index contributed by atoms with van der Waals surface area (Å²) in [5, 5.41) is 6.73. The van der Waals surface area contributed by atoms with Gasteiger partial charge in [0, 0.05) is 24.0 Å². The third-order valence-corrected chi connectivity index (χ3v) is 8.51. The normalized spacial score (nSPS) is 38.9. The van der Waals surface area contributed by atoms with Gasteiger partial charge >= 0.3 is 6.03 Å². The number of amides is 3. The Morgan fingerprint density at radius 2 is 1.45 bits per heavy atom. The molecule has 7 atom stereocenters. The van der Waals surface area contributed by atoms with Crippen molar-refractivity contribution < 1.29 is 9.59 Å². The van der Waals surface area contributed by atoms with Crippen LogP contribution in [0.2, 0.25) is 0 Å². The van der Waals surface area contributed by atoms with Gasteiger partial charge in [-0.15, -0.1) is 0 Å². The van der Waals surface area contributed by atoms with Crippen LogP contribution in [0.15, 0.2) is 0 Å². The van der Waals surface area contributed by atoms with Gasteiger partial charge in [0.05, 0.1) is 0 Å². The average molecular weight is 404 g/mol. The van der Waals surface area contributed by atoms with Crippen LogP contribution in [0.5, 0.6) is 0 Å². The van der Waals surface area contributed by atoms with E-state index in [0.717, 1.165) is 30.2 Å². The molecule has 0 aromatic rings. The maximum atomic E-state index is 13.5. The Kier molecular flexibility index (Phi) is 6.24. The molecule has 4 aliphatic rings. The number of nitrogens with zero attached hydrogens (tertiary/aromatic N) is 1. The van der Waals surface area contributed by atoms with Gasteiger partial charge in [-0.25, -0.2) is 4.79 Å². The molecule has 7 unspecified atom stereocenters. The largest absolute Gasteiger partial charge is 0.335 e. The molecule has 0 aromatic carbocycles. The van der Waals surface area contributed by atoms with E-state index in [2.05, 4.69) is 10.6 Å². The first kappa shape index (κ1) is 21.1. The van der Waals surface area contributed by atoms with Crippen molar-refractivity contribution in [3.05, 3.63) is 0 Å². The lowest BCUT2D eigenvalue weighted by Crippen LogP contribution is -2.54. The standard InChI is InChI=1S/C24H41N3O2/c1-14(2)26-24(29)27(15(3)4)23(28)21-10-9-16-17-11-12-22-20(6-5-13-25-22)18(17)7-8-19(16)21/h14-22,25H,5-13H2,1-4H3,(H,26,29). The average Bonchev–Trinajstić information content (AvgIpc) is 3.11. The Hall–Kier alpha value is -1.10. The number of fused-ring (bicyclic) bond motifs is 5. The van der Waals surface area contributed by atoms with E-state index in [0.29, 0.717) is 11.8 Å². The van der Waals surface area contributed by atoms with Gasteiger partial charge in [0.25, 0.3) is 0 Å². The van der Waals surface area contributed by atoms with E-state index in [1.807, 2.05) is 27.7 Å². The van der Waals surface area contributed by atoms with Crippen molar-refractivity contribution in [2.45, 2.75) is 97.2 Å². The summed E-state index contributed by atoms with van der Waals surface area (Å²) in [5.74, 6) is 3.85. The third kappa shape index (κ3) is 3.96. The molecule has 4 rings (SSSR count). The quantitative estimate of drug-likeness (QED) is 0.743. The number of hydrogen-bond acceptors (Lipinski definition) is 3. The number of imide groups is 1. The molecule has 0 bridgehead atoms. The molecular weight excluding hydrogens is 362 g/mol. The lowest BCUT2D eigenvalue weighted by Gasteiger charge is -2.52. The second kappa shape index (κ2) is 8.56. The number of urea groups is 1. The summed E-state index contributed by atoms with van der Waals surface area (Å²) in [6.07, 6.45) is 10.0. The molecule has 1 aliphatic heterocycles. The second-order valence-corrected chi connectivity index (χ2v) is 10.8. The van der Waals surface area contributed by atoms with Gasteiger partial charge in [0.1, 0.15) is 0 Å². The fourth-order valence-corrected chi connectivity index (χ4v) is 7.49. The van der Waals surface area contributed by atoms with Crippen LogP contribution in [-0.2, 0) is 4.79 Å². The number of piperidine rings is 1.